The Bertz CT molecular complexity index is 2480. The van der Waals surface area contributed by atoms with Crippen molar-refractivity contribution >= 4 is 41.0 Å². The lowest BCUT2D eigenvalue weighted by Crippen LogP contribution is -2.66. The average Bonchev–Trinajstić information content (AvgIpc) is 4.10. The number of carbonyl (C=O) groups excluding carboxylic acids is 4. The molecule has 18 nitrogen and oxygen atoms in total. The highest BCUT2D eigenvalue weighted by atomic mass is 19.1. The molecule has 434 valence electrons. The number of piperazine rings is 1. The van der Waals surface area contributed by atoms with Crippen molar-refractivity contribution in [2.75, 3.05) is 113 Å². The molecule has 1 spiro atoms. The van der Waals surface area contributed by atoms with Gasteiger partial charge >= 0.3 is 0 Å². The first-order chi connectivity index (χ1) is 37.9. The fraction of sp³-hybridized carbons (Fsp3) is 0.661. The molecule has 8 rings (SSSR count). The number of piperidine rings is 2. The molecular weight excluding hydrogens is 1010 g/mol. The summed E-state index contributed by atoms with van der Waals surface area (Å²) in [6, 6.07) is 13.4. The number of nitrogens with zero attached hydrogens (tertiary/aromatic N) is 6. The Morgan fingerprint density at radius 2 is 1.58 bits per heavy atom. The maximum atomic E-state index is 15.7. The summed E-state index contributed by atoms with van der Waals surface area (Å²) in [5, 5.41) is 25.9. The molecule has 1 aromatic heterocycles. The van der Waals surface area contributed by atoms with Gasteiger partial charge in [0.25, 0.3) is 0 Å². The van der Waals surface area contributed by atoms with E-state index in [0.29, 0.717) is 114 Å². The lowest BCUT2D eigenvalue weighted by molar-refractivity contribution is -0.136. The van der Waals surface area contributed by atoms with E-state index in [1.165, 1.54) is 18.5 Å². The molecular formula is C59H87F2N11O7. The number of aromatic nitrogens is 2. The standard InChI is InChI=1S/C59H87F2N11O7/c1-40(2)26-49(67-57(77)55(75)41(3)27-42-10-7-6-8-11-42)56(76)64-18-24-78-25-23-70-33-43-28-46(29-44(43)34-70)79-37-54(74)63-17-9-16-62-51-32-52(66-39-65-51)71-21-14-59(15-22-71)38-72(36-53(73)68-59)50-31-47(60)45(30-48(50)61)35-69-19-12-58(4,5)13-20-69/h6-8,10-11,30-32,39-41,43-44,46,49,55,75H,9,12-29,33-38H2,1-5H3,(H,63,74)(H,64,76)(H,67,77)(H,68,73)(H,62,65,66)/t41-,43-,44+,46?,49+,55+/m1/s1. The second-order valence-corrected chi connectivity index (χ2v) is 24.3. The maximum absolute atomic E-state index is 15.7. The molecule has 20 heteroatoms. The molecule has 1 aliphatic carbocycles. The number of likely N-dealkylation sites (tertiary alicyclic amines) is 2. The van der Waals surface area contributed by atoms with E-state index < -0.39 is 35.2 Å². The molecule has 1 saturated carbocycles. The third-order valence-corrected chi connectivity index (χ3v) is 16.9. The summed E-state index contributed by atoms with van der Waals surface area (Å²) in [5.74, 6) is 0.168. The minimum atomic E-state index is -1.23. The van der Waals surface area contributed by atoms with Crippen LogP contribution in [0.2, 0.25) is 0 Å². The van der Waals surface area contributed by atoms with Crippen LogP contribution in [0, 0.1) is 40.7 Å². The fourth-order valence-electron chi connectivity index (χ4n) is 12.1. The summed E-state index contributed by atoms with van der Waals surface area (Å²) in [5.41, 5.74) is 1.18. The molecule has 0 bridgehead atoms. The fourth-order valence-corrected chi connectivity index (χ4v) is 12.1. The number of ether oxygens (including phenoxy) is 2. The van der Waals surface area contributed by atoms with Gasteiger partial charge in [-0.2, -0.15) is 0 Å². The van der Waals surface area contributed by atoms with E-state index in [0.717, 1.165) is 69.8 Å². The lowest BCUT2D eigenvalue weighted by atomic mass is 9.82. The van der Waals surface area contributed by atoms with Gasteiger partial charge in [-0.25, -0.2) is 18.7 Å². The van der Waals surface area contributed by atoms with Gasteiger partial charge in [-0.3, -0.25) is 24.1 Å². The summed E-state index contributed by atoms with van der Waals surface area (Å²) in [6.07, 6.45) is 7.13. The molecule has 6 atom stereocenters. The molecule has 5 fully saturated rings. The van der Waals surface area contributed by atoms with Gasteiger partial charge in [-0.05, 0) is 112 Å². The van der Waals surface area contributed by atoms with Crippen molar-refractivity contribution in [2.45, 2.75) is 123 Å². The second kappa shape index (κ2) is 27.8. The van der Waals surface area contributed by atoms with Gasteiger partial charge in [0.2, 0.25) is 23.6 Å². The minimum absolute atomic E-state index is 0.0284. The number of nitrogens with one attached hydrogen (secondary N) is 5. The minimum Gasteiger partial charge on any atom is -0.383 e. The summed E-state index contributed by atoms with van der Waals surface area (Å²) in [4.78, 5) is 69.2. The van der Waals surface area contributed by atoms with Crippen LogP contribution in [-0.2, 0) is 41.6 Å². The number of anilines is 3. The smallest absolute Gasteiger partial charge is 0.249 e. The number of fused-ring (bicyclic) bond motifs is 1. The van der Waals surface area contributed by atoms with Crippen molar-refractivity contribution < 1.29 is 42.5 Å². The molecule has 1 unspecified atom stereocenters. The normalized spacial score (nSPS) is 22.3. The van der Waals surface area contributed by atoms with Crippen LogP contribution in [0.25, 0.3) is 0 Å². The van der Waals surface area contributed by atoms with Crippen molar-refractivity contribution in [2.24, 2.45) is 29.1 Å². The van der Waals surface area contributed by atoms with E-state index in [1.54, 1.807) is 4.90 Å². The Labute approximate surface area is 465 Å². The van der Waals surface area contributed by atoms with Crippen LogP contribution in [0.5, 0.6) is 0 Å². The second-order valence-electron chi connectivity index (χ2n) is 24.3. The van der Waals surface area contributed by atoms with Crippen LogP contribution in [0.3, 0.4) is 0 Å². The molecule has 6 N–H and O–H groups in total. The van der Waals surface area contributed by atoms with Crippen molar-refractivity contribution in [3.8, 4) is 0 Å². The van der Waals surface area contributed by atoms with Gasteiger partial charge in [0.15, 0.2) is 0 Å². The quantitative estimate of drug-likeness (QED) is 0.0593. The number of aliphatic hydroxyl groups excluding tert-OH is 1. The van der Waals surface area contributed by atoms with Gasteiger partial charge in [-0.1, -0.05) is 65.0 Å². The number of aliphatic hydroxyl groups is 1. The van der Waals surface area contributed by atoms with Crippen molar-refractivity contribution in [3.05, 3.63) is 77.6 Å². The summed E-state index contributed by atoms with van der Waals surface area (Å²) < 4.78 is 43.2. The topological polar surface area (TPSA) is 206 Å². The zero-order valence-corrected chi connectivity index (χ0v) is 47.3. The molecule has 5 heterocycles. The van der Waals surface area contributed by atoms with Gasteiger partial charge in [0.05, 0.1) is 37.1 Å². The molecule has 2 aromatic carbocycles. The highest BCUT2D eigenvalue weighted by molar-refractivity contribution is 5.89. The van der Waals surface area contributed by atoms with Crippen LogP contribution in [0.15, 0.2) is 54.9 Å². The third-order valence-electron chi connectivity index (χ3n) is 16.9. The molecule has 4 saturated heterocycles. The Kier molecular flexibility index (Phi) is 20.9. The number of halogens is 2. The van der Waals surface area contributed by atoms with Gasteiger partial charge in [-0.15, -0.1) is 0 Å². The molecule has 0 radical (unpaired) electrons. The van der Waals surface area contributed by atoms with Gasteiger partial charge < -0.3 is 55.9 Å². The van der Waals surface area contributed by atoms with Crippen molar-refractivity contribution in [1.29, 1.82) is 0 Å². The molecule has 79 heavy (non-hydrogen) atoms. The molecule has 4 aliphatic heterocycles. The number of benzene rings is 2. The molecule has 4 amide bonds. The van der Waals surface area contributed by atoms with E-state index in [2.05, 4.69) is 65.1 Å². The van der Waals surface area contributed by atoms with E-state index in [-0.39, 0.29) is 59.9 Å². The highest BCUT2D eigenvalue weighted by Crippen LogP contribution is 2.39. The van der Waals surface area contributed by atoms with Crippen LogP contribution in [0.4, 0.5) is 26.1 Å². The third kappa shape index (κ3) is 17.2. The Morgan fingerprint density at radius 1 is 0.848 bits per heavy atom. The lowest BCUT2D eigenvalue weighted by Gasteiger charge is -2.48. The number of hydrogen-bond donors (Lipinski definition) is 6. The summed E-state index contributed by atoms with van der Waals surface area (Å²) >= 11 is 0. The predicted octanol–water partition coefficient (Wildman–Crippen LogP) is 4.90. The SMILES string of the molecule is CC(C)C[C@H](NC(=O)[C@@H](O)[C@H](C)Cc1ccccc1)C(=O)NCCOCCN1C[C@H]2CC(OCC(=O)NCCCNc3cc(N4CCC5(CC4)CN(c4cc(F)c(CN6CCC(C)(C)CC6)cc4F)CC(=O)N5)ncn3)C[C@H]2C1. The van der Waals surface area contributed by atoms with Crippen LogP contribution in [-0.4, -0.2) is 171 Å². The maximum Gasteiger partial charge on any atom is 0.249 e. The van der Waals surface area contributed by atoms with Gasteiger partial charge in [0.1, 0.15) is 48.4 Å². The Balaban J connectivity index is 0.658. The largest absolute Gasteiger partial charge is 0.383 e. The Morgan fingerprint density at radius 3 is 2.30 bits per heavy atom. The van der Waals surface area contributed by atoms with Crippen LogP contribution < -0.4 is 36.4 Å². The summed E-state index contributed by atoms with van der Waals surface area (Å²) in [6.45, 7) is 18.9. The summed E-state index contributed by atoms with van der Waals surface area (Å²) in [7, 11) is 0. The van der Waals surface area contributed by atoms with Gasteiger partial charge in [0, 0.05) is 83.1 Å². The highest BCUT2D eigenvalue weighted by Gasteiger charge is 2.43. The monoisotopic (exact) mass is 1100 g/mol. The van der Waals surface area contributed by atoms with Crippen LogP contribution in [0.1, 0.15) is 97.1 Å². The first-order valence-electron chi connectivity index (χ1n) is 29.0. The van der Waals surface area contributed by atoms with Crippen molar-refractivity contribution in [3.63, 3.8) is 0 Å². The number of amides is 4. The molecule has 5 aliphatic rings. The van der Waals surface area contributed by atoms with Crippen molar-refractivity contribution in [1.82, 2.24) is 41.0 Å². The van der Waals surface area contributed by atoms with E-state index in [1.807, 2.05) is 57.2 Å². The van der Waals surface area contributed by atoms with E-state index in [4.69, 9.17) is 9.47 Å². The first-order valence-corrected chi connectivity index (χ1v) is 29.0. The number of carbonyl (C=O) groups is 4. The zero-order valence-electron chi connectivity index (χ0n) is 47.3. The zero-order chi connectivity index (χ0) is 56.1. The molecule has 3 aromatic rings. The number of hydrogen-bond acceptors (Lipinski definition) is 14. The van der Waals surface area contributed by atoms with E-state index in [9.17, 15) is 24.3 Å². The van der Waals surface area contributed by atoms with E-state index >= 15 is 8.78 Å². The predicted molar refractivity (Wildman–Crippen MR) is 300 cm³/mol. The van der Waals surface area contributed by atoms with Crippen LogP contribution >= 0.6 is 0 Å². The first kappa shape index (κ1) is 59.6. The Hall–Kier alpha value is -5.54. The number of rotatable bonds is 26. The average molecular weight is 1100 g/mol.